The van der Waals surface area contributed by atoms with E-state index in [-0.39, 0.29) is 11.9 Å². The first kappa shape index (κ1) is 30.9. The summed E-state index contributed by atoms with van der Waals surface area (Å²) >= 11 is 0. The topological polar surface area (TPSA) is 52.6 Å². The van der Waals surface area contributed by atoms with Gasteiger partial charge in [0.15, 0.2) is 0 Å². The van der Waals surface area contributed by atoms with Crippen molar-refractivity contribution in [1.82, 2.24) is 0 Å². The molecule has 4 heteroatoms. The molecule has 0 saturated heterocycles. The average Bonchev–Trinajstić information content (AvgIpc) is 2.73. The van der Waals surface area contributed by atoms with Crippen molar-refractivity contribution in [3.8, 4) is 0 Å². The average molecular weight is 455 g/mol. The summed E-state index contributed by atoms with van der Waals surface area (Å²) in [6.07, 6.45) is 17.6. The van der Waals surface area contributed by atoms with Gasteiger partial charge in [-0.25, -0.2) is 0 Å². The molecule has 0 radical (unpaired) electrons. The maximum absolute atomic E-state index is 11.8. The molecule has 0 aromatic heterocycles. The number of rotatable bonds is 22. The molecule has 0 aromatic rings. The van der Waals surface area contributed by atoms with Crippen LogP contribution in [0.1, 0.15) is 137 Å². The summed E-state index contributed by atoms with van der Waals surface area (Å²) in [7, 11) is 0. The molecule has 0 bridgehead atoms. The highest BCUT2D eigenvalue weighted by atomic mass is 16.5. The number of esters is 2. The van der Waals surface area contributed by atoms with Crippen LogP contribution in [0.3, 0.4) is 0 Å². The first-order chi connectivity index (χ1) is 15.3. The van der Waals surface area contributed by atoms with E-state index >= 15 is 0 Å². The Labute approximate surface area is 199 Å². The Morgan fingerprint density at radius 1 is 0.562 bits per heavy atom. The Bertz CT molecular complexity index is 445. The Hall–Kier alpha value is -1.06. The third kappa shape index (κ3) is 22.1. The van der Waals surface area contributed by atoms with Gasteiger partial charge in [-0.3, -0.25) is 9.59 Å². The van der Waals surface area contributed by atoms with Crippen molar-refractivity contribution in [3.63, 3.8) is 0 Å². The van der Waals surface area contributed by atoms with Gasteiger partial charge in [0.05, 0.1) is 13.2 Å². The lowest BCUT2D eigenvalue weighted by Crippen LogP contribution is -2.10. The number of carbonyl (C=O) groups is 2. The standard InChI is InChI=1S/C28H54O4/c1-6-26(18-19-28(30)32-23-21-25(4)5)16-14-12-10-8-7-9-11-13-15-17-27(29)31-22-20-24(2)3/h24-26H,6-23H2,1-5H3. The van der Waals surface area contributed by atoms with Crippen LogP contribution < -0.4 is 0 Å². The fourth-order valence-electron chi connectivity index (χ4n) is 3.78. The number of unbranched alkanes of at least 4 members (excludes halogenated alkanes) is 8. The van der Waals surface area contributed by atoms with Crippen molar-refractivity contribution in [2.45, 2.75) is 137 Å². The molecule has 0 aliphatic carbocycles. The molecule has 0 aromatic carbocycles. The lowest BCUT2D eigenvalue weighted by molar-refractivity contribution is -0.145. The van der Waals surface area contributed by atoms with E-state index in [2.05, 4.69) is 34.6 Å². The van der Waals surface area contributed by atoms with Crippen molar-refractivity contribution >= 4 is 11.9 Å². The second-order valence-corrected chi connectivity index (χ2v) is 10.3. The first-order valence-electron chi connectivity index (χ1n) is 13.7. The van der Waals surface area contributed by atoms with Crippen molar-refractivity contribution in [1.29, 1.82) is 0 Å². The molecule has 0 rings (SSSR count). The molecule has 1 atom stereocenters. The molecule has 0 N–H and O–H groups in total. The van der Waals surface area contributed by atoms with Gasteiger partial charge in [-0.15, -0.1) is 0 Å². The minimum absolute atomic E-state index is 0.0212. The lowest BCUT2D eigenvalue weighted by Gasteiger charge is -2.14. The Morgan fingerprint density at radius 3 is 1.47 bits per heavy atom. The molecule has 4 nitrogen and oxygen atoms in total. The van der Waals surface area contributed by atoms with Crippen LogP contribution in [0.25, 0.3) is 0 Å². The minimum Gasteiger partial charge on any atom is -0.466 e. The van der Waals surface area contributed by atoms with Crippen LogP contribution in [0.5, 0.6) is 0 Å². The van der Waals surface area contributed by atoms with Gasteiger partial charge in [0.25, 0.3) is 0 Å². The molecule has 0 heterocycles. The van der Waals surface area contributed by atoms with Crippen molar-refractivity contribution in [2.24, 2.45) is 17.8 Å². The molecule has 0 saturated carbocycles. The highest BCUT2D eigenvalue weighted by Crippen LogP contribution is 2.20. The van der Waals surface area contributed by atoms with Crippen LogP contribution in [-0.2, 0) is 19.1 Å². The number of carbonyl (C=O) groups excluding carboxylic acids is 2. The van der Waals surface area contributed by atoms with Crippen molar-refractivity contribution in [3.05, 3.63) is 0 Å². The maximum Gasteiger partial charge on any atom is 0.305 e. The predicted octanol–water partition coefficient (Wildman–Crippen LogP) is 8.26. The summed E-state index contributed by atoms with van der Waals surface area (Å²) in [5, 5.41) is 0. The van der Waals surface area contributed by atoms with E-state index < -0.39 is 0 Å². The molecule has 0 spiro atoms. The van der Waals surface area contributed by atoms with Crippen LogP contribution in [0, 0.1) is 17.8 Å². The molecule has 190 valence electrons. The van der Waals surface area contributed by atoms with E-state index in [4.69, 9.17) is 9.47 Å². The molecule has 32 heavy (non-hydrogen) atoms. The largest absolute Gasteiger partial charge is 0.466 e. The van der Waals surface area contributed by atoms with Crippen LogP contribution in [0.15, 0.2) is 0 Å². The molecule has 0 aliphatic rings. The summed E-state index contributed by atoms with van der Waals surface area (Å²) < 4.78 is 10.6. The van der Waals surface area contributed by atoms with Crippen LogP contribution in [-0.4, -0.2) is 25.2 Å². The summed E-state index contributed by atoms with van der Waals surface area (Å²) in [5.41, 5.74) is 0. The molecule has 1 unspecified atom stereocenters. The smallest absolute Gasteiger partial charge is 0.305 e. The van der Waals surface area contributed by atoms with E-state index in [1.165, 1.54) is 51.4 Å². The van der Waals surface area contributed by atoms with Gasteiger partial charge >= 0.3 is 11.9 Å². The van der Waals surface area contributed by atoms with E-state index in [9.17, 15) is 9.59 Å². The van der Waals surface area contributed by atoms with Crippen molar-refractivity contribution < 1.29 is 19.1 Å². The third-order valence-corrected chi connectivity index (χ3v) is 6.24. The fraction of sp³-hybridized carbons (Fsp3) is 0.929. The maximum atomic E-state index is 11.8. The summed E-state index contributed by atoms with van der Waals surface area (Å²) in [6.45, 7) is 12.0. The zero-order valence-electron chi connectivity index (χ0n) is 22.1. The summed E-state index contributed by atoms with van der Waals surface area (Å²) in [5.74, 6) is 1.78. The zero-order chi connectivity index (χ0) is 24.0. The molecule has 0 aliphatic heterocycles. The van der Waals surface area contributed by atoms with Crippen LogP contribution in [0.4, 0.5) is 0 Å². The highest BCUT2D eigenvalue weighted by Gasteiger charge is 2.11. The van der Waals surface area contributed by atoms with Crippen molar-refractivity contribution in [2.75, 3.05) is 13.2 Å². The van der Waals surface area contributed by atoms with Gasteiger partial charge in [0.1, 0.15) is 0 Å². The fourth-order valence-corrected chi connectivity index (χ4v) is 3.78. The van der Waals surface area contributed by atoms with E-state index in [1.807, 2.05) is 0 Å². The van der Waals surface area contributed by atoms with E-state index in [0.29, 0.717) is 43.8 Å². The first-order valence-corrected chi connectivity index (χ1v) is 13.7. The van der Waals surface area contributed by atoms with Crippen LogP contribution >= 0.6 is 0 Å². The number of hydrogen-bond donors (Lipinski definition) is 0. The van der Waals surface area contributed by atoms with E-state index in [1.54, 1.807) is 0 Å². The number of ether oxygens (including phenoxy) is 2. The zero-order valence-corrected chi connectivity index (χ0v) is 22.1. The van der Waals surface area contributed by atoms with Gasteiger partial charge in [-0.1, -0.05) is 98.8 Å². The summed E-state index contributed by atoms with van der Waals surface area (Å²) in [6, 6.07) is 0. The van der Waals surface area contributed by atoms with Gasteiger partial charge in [-0.05, 0) is 43.4 Å². The van der Waals surface area contributed by atoms with Gasteiger partial charge in [0, 0.05) is 12.8 Å². The normalized spacial score (nSPS) is 12.3. The van der Waals surface area contributed by atoms with E-state index in [0.717, 1.165) is 38.5 Å². The monoisotopic (exact) mass is 454 g/mol. The highest BCUT2D eigenvalue weighted by molar-refractivity contribution is 5.69. The van der Waals surface area contributed by atoms with Gasteiger partial charge in [-0.2, -0.15) is 0 Å². The minimum atomic E-state index is -0.0287. The third-order valence-electron chi connectivity index (χ3n) is 6.24. The Morgan fingerprint density at radius 2 is 1.00 bits per heavy atom. The van der Waals surface area contributed by atoms with Gasteiger partial charge < -0.3 is 9.47 Å². The summed E-state index contributed by atoms with van der Waals surface area (Å²) in [4.78, 5) is 23.5. The molecule has 0 amide bonds. The van der Waals surface area contributed by atoms with Crippen LogP contribution in [0.2, 0.25) is 0 Å². The Kier molecular flexibility index (Phi) is 21.0. The van der Waals surface area contributed by atoms with Gasteiger partial charge in [0.2, 0.25) is 0 Å². The molecule has 0 fully saturated rings. The molecular weight excluding hydrogens is 400 g/mol. The quantitative estimate of drug-likeness (QED) is 0.122. The second-order valence-electron chi connectivity index (χ2n) is 10.3. The second kappa shape index (κ2) is 21.8. The Balaban J connectivity index is 3.47. The number of hydrogen-bond acceptors (Lipinski definition) is 4. The molecular formula is C28H54O4. The predicted molar refractivity (Wildman–Crippen MR) is 135 cm³/mol. The lowest BCUT2D eigenvalue weighted by atomic mass is 9.93. The SMILES string of the molecule is CCC(CCCCCCCCCCCC(=O)OCCC(C)C)CCC(=O)OCCC(C)C.